The maximum atomic E-state index is 12.8. The summed E-state index contributed by atoms with van der Waals surface area (Å²) < 4.78 is 37.4. The number of alkyl halides is 2. The predicted octanol–water partition coefficient (Wildman–Crippen LogP) is 2.98. The van der Waals surface area contributed by atoms with E-state index < -0.39 is 6.55 Å². The van der Waals surface area contributed by atoms with Crippen LogP contribution < -0.4 is 20.1 Å². The number of hydrogen-bond donors (Lipinski definition) is 2. The molecule has 0 bridgehead atoms. The van der Waals surface area contributed by atoms with Crippen molar-refractivity contribution < 1.29 is 18.3 Å². The number of imidazole rings is 1. The Bertz CT molecular complexity index is 765. The third-order valence-electron chi connectivity index (χ3n) is 4.06. The molecule has 0 radical (unpaired) electrons. The van der Waals surface area contributed by atoms with Crippen molar-refractivity contribution in [1.29, 1.82) is 0 Å². The van der Waals surface area contributed by atoms with E-state index in [9.17, 15) is 8.78 Å². The van der Waals surface area contributed by atoms with E-state index in [4.69, 9.17) is 9.47 Å². The highest BCUT2D eigenvalue weighted by molar-refractivity contribution is 5.79. The van der Waals surface area contributed by atoms with Gasteiger partial charge in [-0.2, -0.15) is 8.78 Å². The van der Waals surface area contributed by atoms with Crippen LogP contribution in [0.5, 0.6) is 11.5 Å². The molecule has 0 fully saturated rings. The Morgan fingerprint density at radius 2 is 2.11 bits per heavy atom. The number of nitrogens with one attached hydrogen (secondary N) is 2. The van der Waals surface area contributed by atoms with E-state index in [1.165, 1.54) is 12.4 Å². The van der Waals surface area contributed by atoms with Crippen molar-refractivity contribution in [2.75, 3.05) is 27.3 Å². The van der Waals surface area contributed by atoms with Crippen LogP contribution in [-0.2, 0) is 13.0 Å². The Morgan fingerprint density at radius 3 is 2.79 bits per heavy atom. The van der Waals surface area contributed by atoms with Crippen molar-refractivity contribution in [3.63, 3.8) is 0 Å². The molecule has 0 unspecified atom stereocenters. The van der Waals surface area contributed by atoms with Gasteiger partial charge in [0.25, 0.3) is 0 Å². The quantitative estimate of drug-likeness (QED) is 0.368. The van der Waals surface area contributed by atoms with Gasteiger partial charge < -0.3 is 20.1 Å². The number of benzene rings is 1. The molecule has 0 saturated carbocycles. The van der Waals surface area contributed by atoms with Crippen molar-refractivity contribution in [3.05, 3.63) is 42.0 Å². The zero-order valence-corrected chi connectivity index (χ0v) is 16.4. The fourth-order valence-electron chi connectivity index (χ4n) is 2.69. The first-order valence-electron chi connectivity index (χ1n) is 9.13. The Hall–Kier alpha value is -2.84. The summed E-state index contributed by atoms with van der Waals surface area (Å²) in [5, 5.41) is 6.16. The molecule has 0 aliphatic carbocycles. The Balaban J connectivity index is 1.78. The van der Waals surface area contributed by atoms with E-state index in [-0.39, 0.29) is 12.4 Å². The Labute approximate surface area is 163 Å². The molecule has 0 aliphatic heterocycles. The fourth-order valence-corrected chi connectivity index (χ4v) is 2.69. The third kappa shape index (κ3) is 6.11. The number of hydrogen-bond acceptors (Lipinski definition) is 4. The average molecular weight is 395 g/mol. The molecule has 0 amide bonds. The lowest BCUT2D eigenvalue weighted by Crippen LogP contribution is -2.38. The van der Waals surface area contributed by atoms with Crippen molar-refractivity contribution >= 4 is 5.96 Å². The summed E-state index contributed by atoms with van der Waals surface area (Å²) in [5.41, 5.74) is 1.15. The topological polar surface area (TPSA) is 72.7 Å². The first-order chi connectivity index (χ1) is 13.6. The van der Waals surface area contributed by atoms with Gasteiger partial charge in [-0.05, 0) is 37.5 Å². The van der Waals surface area contributed by atoms with Crippen LogP contribution >= 0.6 is 0 Å². The number of ether oxygens (including phenoxy) is 2. The third-order valence-corrected chi connectivity index (χ3v) is 4.06. The molecule has 7 nitrogen and oxygen atoms in total. The molecule has 9 heteroatoms. The summed E-state index contributed by atoms with van der Waals surface area (Å²) in [5.74, 6) is 2.24. The van der Waals surface area contributed by atoms with Gasteiger partial charge in [-0.3, -0.25) is 9.56 Å². The number of methoxy groups -OCH3 is 1. The van der Waals surface area contributed by atoms with Crippen LogP contribution in [0.3, 0.4) is 0 Å². The van der Waals surface area contributed by atoms with E-state index in [0.29, 0.717) is 19.1 Å². The lowest BCUT2D eigenvalue weighted by Gasteiger charge is -2.13. The highest BCUT2D eigenvalue weighted by atomic mass is 19.3. The van der Waals surface area contributed by atoms with E-state index in [0.717, 1.165) is 34.5 Å². The number of guanidine groups is 1. The second-order valence-electron chi connectivity index (χ2n) is 5.90. The minimum atomic E-state index is -2.61. The summed E-state index contributed by atoms with van der Waals surface area (Å²) in [7, 11) is 3.25. The molecule has 0 saturated heterocycles. The number of nitrogens with zero attached hydrogens (tertiary/aromatic N) is 3. The molecule has 2 rings (SSSR count). The number of aryl methyl sites for hydroxylation is 1. The highest BCUT2D eigenvalue weighted by Gasteiger charge is 2.11. The Morgan fingerprint density at radius 1 is 1.29 bits per heavy atom. The van der Waals surface area contributed by atoms with E-state index >= 15 is 0 Å². The number of rotatable bonds is 10. The number of aromatic nitrogens is 2. The minimum absolute atomic E-state index is 0.160. The average Bonchev–Trinajstić information content (AvgIpc) is 3.17. The van der Waals surface area contributed by atoms with Crippen molar-refractivity contribution in [1.82, 2.24) is 20.2 Å². The summed E-state index contributed by atoms with van der Waals surface area (Å²) >= 11 is 0. The van der Waals surface area contributed by atoms with Crippen LogP contribution in [0.2, 0.25) is 0 Å². The minimum Gasteiger partial charge on any atom is -0.493 e. The van der Waals surface area contributed by atoms with Gasteiger partial charge in [-0.15, -0.1) is 0 Å². The molecular weight excluding hydrogens is 368 g/mol. The molecule has 154 valence electrons. The first-order valence-corrected chi connectivity index (χ1v) is 9.13. The van der Waals surface area contributed by atoms with E-state index in [1.54, 1.807) is 14.2 Å². The number of aliphatic imine (C=N–C) groups is 1. The van der Waals surface area contributed by atoms with Crippen LogP contribution in [0.15, 0.2) is 35.6 Å². The second kappa shape index (κ2) is 11.1. The largest absolute Gasteiger partial charge is 0.493 e. The van der Waals surface area contributed by atoms with Gasteiger partial charge in [-0.1, -0.05) is 6.07 Å². The first kappa shape index (κ1) is 21.5. The lowest BCUT2D eigenvalue weighted by atomic mass is 10.1. The molecule has 0 atom stereocenters. The standard InChI is InChI=1S/C19H27F2N5O2/c1-4-28-16-12-14(7-8-15(16)27-3)6-5-9-24-19(22-2)25-13-17-23-10-11-26(17)18(20)21/h7-8,10-12,18H,4-6,9,13H2,1-3H3,(H2,22,24,25). The van der Waals surface area contributed by atoms with Gasteiger partial charge in [0, 0.05) is 26.0 Å². The Kier molecular flexibility index (Phi) is 8.51. The SMILES string of the molecule is CCOc1cc(CCCNC(=NC)NCc2nccn2C(F)F)ccc1OC. The van der Waals surface area contributed by atoms with Crippen LogP contribution in [0, 0.1) is 0 Å². The summed E-state index contributed by atoms with van der Waals surface area (Å²) in [4.78, 5) is 8.03. The molecular formula is C19H27F2N5O2. The molecule has 1 aromatic carbocycles. The molecule has 1 aromatic heterocycles. The van der Waals surface area contributed by atoms with Gasteiger partial charge in [0.05, 0.1) is 20.3 Å². The highest BCUT2D eigenvalue weighted by Crippen LogP contribution is 2.28. The molecule has 2 aromatic rings. The van der Waals surface area contributed by atoms with Crippen LogP contribution in [0.4, 0.5) is 8.78 Å². The molecule has 2 N–H and O–H groups in total. The molecule has 28 heavy (non-hydrogen) atoms. The summed E-state index contributed by atoms with van der Waals surface area (Å²) in [6, 6.07) is 5.90. The van der Waals surface area contributed by atoms with Crippen molar-refractivity contribution in [2.24, 2.45) is 4.99 Å². The van der Waals surface area contributed by atoms with Crippen LogP contribution in [-0.4, -0.2) is 42.8 Å². The van der Waals surface area contributed by atoms with Crippen LogP contribution in [0.1, 0.15) is 31.3 Å². The predicted molar refractivity (Wildman–Crippen MR) is 104 cm³/mol. The van der Waals surface area contributed by atoms with Gasteiger partial charge in [0.1, 0.15) is 5.82 Å². The van der Waals surface area contributed by atoms with Gasteiger partial charge >= 0.3 is 6.55 Å². The molecule has 1 heterocycles. The smallest absolute Gasteiger partial charge is 0.319 e. The van der Waals surface area contributed by atoms with Crippen LogP contribution in [0.25, 0.3) is 0 Å². The maximum absolute atomic E-state index is 12.8. The second-order valence-corrected chi connectivity index (χ2v) is 5.90. The molecule has 0 aliphatic rings. The van der Waals surface area contributed by atoms with E-state index in [2.05, 4.69) is 20.6 Å². The lowest BCUT2D eigenvalue weighted by molar-refractivity contribution is 0.0668. The number of halogens is 2. The monoisotopic (exact) mass is 395 g/mol. The fraction of sp³-hybridized carbons (Fsp3) is 0.474. The van der Waals surface area contributed by atoms with Gasteiger partial charge in [-0.25, -0.2) is 4.98 Å². The summed E-state index contributed by atoms with van der Waals surface area (Å²) in [6.45, 7) is 0.738. The zero-order chi connectivity index (χ0) is 20.4. The van der Waals surface area contributed by atoms with Gasteiger partial charge in [0.2, 0.25) is 0 Å². The normalized spacial score (nSPS) is 11.6. The zero-order valence-electron chi connectivity index (χ0n) is 16.4. The maximum Gasteiger partial charge on any atom is 0.319 e. The molecule has 0 spiro atoms. The van der Waals surface area contributed by atoms with Gasteiger partial charge in [0.15, 0.2) is 17.5 Å². The summed E-state index contributed by atoms with van der Waals surface area (Å²) in [6.07, 6.45) is 4.32. The van der Waals surface area contributed by atoms with Crippen molar-refractivity contribution in [2.45, 2.75) is 32.9 Å². The van der Waals surface area contributed by atoms with Crippen molar-refractivity contribution in [3.8, 4) is 11.5 Å². The van der Waals surface area contributed by atoms with E-state index in [1.807, 2.05) is 25.1 Å².